The van der Waals surface area contributed by atoms with Crippen LogP contribution >= 0.6 is 0 Å². The number of nitrogens with one attached hydrogen (secondary N) is 1. The van der Waals surface area contributed by atoms with Gasteiger partial charge in [-0.15, -0.1) is 0 Å². The molecular formula is C14H26N4O. The number of aryl methyl sites for hydroxylation is 1. The maximum absolute atomic E-state index is 10.00. The number of nitrogen functional groups attached to an aromatic ring is 1. The van der Waals surface area contributed by atoms with Gasteiger partial charge < -0.3 is 16.2 Å². The number of nitrogens with two attached hydrogens (primary N) is 1. The van der Waals surface area contributed by atoms with E-state index in [1.54, 1.807) is 0 Å². The first-order chi connectivity index (χ1) is 8.73. The second-order valence-corrected chi connectivity index (χ2v) is 6.15. The van der Waals surface area contributed by atoms with Gasteiger partial charge in [0.1, 0.15) is 17.5 Å². The number of nitrogens with zero attached hydrogens (tertiary/aromatic N) is 2. The predicted octanol–water partition coefficient (Wildman–Crippen LogP) is 2.14. The molecule has 108 valence electrons. The van der Waals surface area contributed by atoms with Crippen LogP contribution in [0.3, 0.4) is 0 Å². The zero-order valence-electron chi connectivity index (χ0n) is 12.6. The van der Waals surface area contributed by atoms with Crippen LogP contribution in [0.5, 0.6) is 0 Å². The highest BCUT2D eigenvalue weighted by molar-refractivity contribution is 5.54. The molecule has 1 rings (SSSR count). The number of rotatable bonds is 5. The summed E-state index contributed by atoms with van der Waals surface area (Å²) in [4.78, 5) is 8.61. The molecule has 1 atom stereocenters. The third-order valence-electron chi connectivity index (χ3n) is 2.90. The number of hydrogen-bond acceptors (Lipinski definition) is 5. The SMILES string of the molecule is CCc1nc(N)c(C)c(NCC(O)CC(C)(C)C)n1. The summed E-state index contributed by atoms with van der Waals surface area (Å²) < 4.78 is 0. The van der Waals surface area contributed by atoms with E-state index in [4.69, 9.17) is 5.73 Å². The predicted molar refractivity (Wildman–Crippen MR) is 79.1 cm³/mol. The van der Waals surface area contributed by atoms with Gasteiger partial charge >= 0.3 is 0 Å². The Morgan fingerprint density at radius 2 is 1.95 bits per heavy atom. The maximum Gasteiger partial charge on any atom is 0.134 e. The summed E-state index contributed by atoms with van der Waals surface area (Å²) in [5, 5.41) is 13.2. The number of aliphatic hydroxyl groups excluding tert-OH is 1. The average Bonchev–Trinajstić information content (AvgIpc) is 2.28. The first-order valence-electron chi connectivity index (χ1n) is 6.78. The van der Waals surface area contributed by atoms with Crippen LogP contribution in [0.4, 0.5) is 11.6 Å². The summed E-state index contributed by atoms with van der Waals surface area (Å²) in [5.41, 5.74) is 6.79. The minimum Gasteiger partial charge on any atom is -0.391 e. The van der Waals surface area contributed by atoms with Gasteiger partial charge in [-0.3, -0.25) is 0 Å². The molecule has 0 saturated carbocycles. The quantitative estimate of drug-likeness (QED) is 0.760. The summed E-state index contributed by atoms with van der Waals surface area (Å²) in [6, 6.07) is 0. The monoisotopic (exact) mass is 266 g/mol. The van der Waals surface area contributed by atoms with Gasteiger partial charge in [-0.25, -0.2) is 9.97 Å². The van der Waals surface area contributed by atoms with Crippen LogP contribution < -0.4 is 11.1 Å². The Bertz CT molecular complexity index is 426. The van der Waals surface area contributed by atoms with Crippen molar-refractivity contribution in [1.29, 1.82) is 0 Å². The number of hydrogen-bond donors (Lipinski definition) is 3. The fourth-order valence-corrected chi connectivity index (χ4v) is 1.91. The maximum atomic E-state index is 10.00. The lowest BCUT2D eigenvalue weighted by atomic mass is 9.89. The third kappa shape index (κ3) is 5.03. The molecule has 0 bridgehead atoms. The van der Waals surface area contributed by atoms with Crippen LogP contribution in [0.2, 0.25) is 0 Å². The summed E-state index contributed by atoms with van der Waals surface area (Å²) in [6.07, 6.45) is 1.07. The van der Waals surface area contributed by atoms with Crippen LogP contribution in [0.25, 0.3) is 0 Å². The molecule has 1 aromatic heterocycles. The Hall–Kier alpha value is -1.36. The molecule has 1 unspecified atom stereocenters. The van der Waals surface area contributed by atoms with Crippen molar-refractivity contribution in [3.8, 4) is 0 Å². The molecule has 0 amide bonds. The summed E-state index contributed by atoms with van der Waals surface area (Å²) in [7, 11) is 0. The van der Waals surface area contributed by atoms with Crippen molar-refractivity contribution in [3.63, 3.8) is 0 Å². The van der Waals surface area contributed by atoms with Crippen molar-refractivity contribution in [2.45, 2.75) is 53.6 Å². The van der Waals surface area contributed by atoms with Crippen molar-refractivity contribution in [3.05, 3.63) is 11.4 Å². The van der Waals surface area contributed by atoms with Crippen LogP contribution in [-0.2, 0) is 6.42 Å². The van der Waals surface area contributed by atoms with Crippen molar-refractivity contribution in [1.82, 2.24) is 9.97 Å². The van der Waals surface area contributed by atoms with Gasteiger partial charge in [-0.05, 0) is 18.8 Å². The molecular weight excluding hydrogens is 240 g/mol. The summed E-state index contributed by atoms with van der Waals surface area (Å²) >= 11 is 0. The average molecular weight is 266 g/mol. The van der Waals surface area contributed by atoms with Crippen LogP contribution in [0.1, 0.15) is 45.5 Å². The first kappa shape index (κ1) is 15.7. The van der Waals surface area contributed by atoms with E-state index in [2.05, 4.69) is 36.1 Å². The molecule has 19 heavy (non-hydrogen) atoms. The highest BCUT2D eigenvalue weighted by atomic mass is 16.3. The molecule has 1 heterocycles. The Labute approximate surface area is 115 Å². The van der Waals surface area contributed by atoms with E-state index < -0.39 is 6.10 Å². The molecule has 0 aliphatic heterocycles. The molecule has 0 aliphatic carbocycles. The van der Waals surface area contributed by atoms with Crippen LogP contribution in [0.15, 0.2) is 0 Å². The molecule has 5 nitrogen and oxygen atoms in total. The highest BCUT2D eigenvalue weighted by Gasteiger charge is 2.17. The lowest BCUT2D eigenvalue weighted by Gasteiger charge is -2.23. The number of anilines is 2. The molecule has 0 aliphatic rings. The molecule has 0 radical (unpaired) electrons. The van der Waals surface area contributed by atoms with E-state index >= 15 is 0 Å². The smallest absolute Gasteiger partial charge is 0.134 e. The molecule has 0 saturated heterocycles. The second-order valence-electron chi connectivity index (χ2n) is 6.15. The van der Waals surface area contributed by atoms with E-state index in [1.165, 1.54) is 0 Å². The lowest BCUT2D eigenvalue weighted by Crippen LogP contribution is -2.26. The summed E-state index contributed by atoms with van der Waals surface area (Å²) in [5.74, 6) is 1.94. The molecule has 0 spiro atoms. The van der Waals surface area contributed by atoms with Gasteiger partial charge in [0.2, 0.25) is 0 Å². The van der Waals surface area contributed by atoms with Crippen molar-refractivity contribution >= 4 is 11.6 Å². The standard InChI is InChI=1S/C14H26N4O/c1-6-11-17-12(15)9(2)13(18-11)16-8-10(19)7-14(3,4)5/h10,19H,6-8H2,1-5H3,(H3,15,16,17,18). The van der Waals surface area contributed by atoms with E-state index in [-0.39, 0.29) is 5.41 Å². The van der Waals surface area contributed by atoms with Crippen molar-refractivity contribution < 1.29 is 5.11 Å². The largest absolute Gasteiger partial charge is 0.391 e. The highest BCUT2D eigenvalue weighted by Crippen LogP contribution is 2.22. The van der Waals surface area contributed by atoms with Gasteiger partial charge in [-0.2, -0.15) is 0 Å². The Morgan fingerprint density at radius 3 is 2.47 bits per heavy atom. The minimum absolute atomic E-state index is 0.107. The normalized spacial score (nSPS) is 13.4. The van der Waals surface area contributed by atoms with E-state index in [0.29, 0.717) is 12.4 Å². The topological polar surface area (TPSA) is 84.1 Å². The molecule has 1 aromatic rings. The molecule has 0 aromatic carbocycles. The number of aromatic nitrogens is 2. The van der Waals surface area contributed by atoms with Gasteiger partial charge in [-0.1, -0.05) is 27.7 Å². The Balaban J connectivity index is 2.70. The van der Waals surface area contributed by atoms with Gasteiger partial charge in [0.05, 0.1) is 6.10 Å². The van der Waals surface area contributed by atoms with Gasteiger partial charge in [0.25, 0.3) is 0 Å². The Kier molecular flexibility index (Phi) is 5.11. The van der Waals surface area contributed by atoms with E-state index in [9.17, 15) is 5.11 Å². The van der Waals surface area contributed by atoms with Crippen molar-refractivity contribution in [2.75, 3.05) is 17.6 Å². The molecule has 5 heteroatoms. The lowest BCUT2D eigenvalue weighted by molar-refractivity contribution is 0.132. The summed E-state index contributed by atoms with van der Waals surface area (Å²) in [6.45, 7) is 10.7. The Morgan fingerprint density at radius 1 is 1.32 bits per heavy atom. The zero-order valence-corrected chi connectivity index (χ0v) is 12.6. The van der Waals surface area contributed by atoms with Gasteiger partial charge in [0, 0.05) is 18.5 Å². The van der Waals surface area contributed by atoms with E-state index in [1.807, 2.05) is 13.8 Å². The zero-order chi connectivity index (χ0) is 14.6. The first-order valence-corrected chi connectivity index (χ1v) is 6.78. The number of aliphatic hydroxyl groups is 1. The minimum atomic E-state index is -0.402. The van der Waals surface area contributed by atoms with Crippen molar-refractivity contribution in [2.24, 2.45) is 5.41 Å². The van der Waals surface area contributed by atoms with Gasteiger partial charge in [0.15, 0.2) is 0 Å². The van der Waals surface area contributed by atoms with Crippen LogP contribution in [0, 0.1) is 12.3 Å². The van der Waals surface area contributed by atoms with Crippen LogP contribution in [-0.4, -0.2) is 27.7 Å². The third-order valence-corrected chi connectivity index (χ3v) is 2.90. The molecule has 4 N–H and O–H groups in total. The molecule has 0 fully saturated rings. The fraction of sp³-hybridized carbons (Fsp3) is 0.714. The second kappa shape index (κ2) is 6.19. The van der Waals surface area contributed by atoms with E-state index in [0.717, 1.165) is 30.0 Å². The fourth-order valence-electron chi connectivity index (χ4n) is 1.91.